The molecule has 1 aliphatic carbocycles. The summed E-state index contributed by atoms with van der Waals surface area (Å²) in [5.74, 6) is 0.417. The molecular weight excluding hydrogens is 771 g/mol. The molecule has 0 N–H and O–H groups in total. The zero-order valence-electron chi connectivity index (χ0n) is 36.7. The summed E-state index contributed by atoms with van der Waals surface area (Å²) in [6.45, 7) is 7.57. The average molecular weight is 820 g/mol. The molecule has 306 valence electrons. The van der Waals surface area contributed by atoms with Crippen LogP contribution in [0.3, 0.4) is 0 Å². The van der Waals surface area contributed by atoms with Crippen LogP contribution in [0.4, 0.5) is 11.4 Å². The first-order chi connectivity index (χ1) is 31.4. The van der Waals surface area contributed by atoms with Gasteiger partial charge in [-0.25, -0.2) is 0 Å². The largest absolute Gasteiger partial charge is 0.334 e. The first kappa shape index (κ1) is 37.3. The van der Waals surface area contributed by atoms with Crippen LogP contribution in [0.1, 0.15) is 51.5 Å². The average Bonchev–Trinajstić information content (AvgIpc) is 3.61. The molecule has 64 heavy (non-hydrogen) atoms. The number of hydrogen-bond donors (Lipinski definition) is 0. The van der Waals surface area contributed by atoms with Gasteiger partial charge in [-0.05, 0) is 166 Å². The fourth-order valence-electron chi connectivity index (χ4n) is 12.6. The number of benzene rings is 11. The van der Waals surface area contributed by atoms with Crippen LogP contribution in [0.15, 0.2) is 200 Å². The minimum absolute atomic E-state index is 0.0593. The van der Waals surface area contributed by atoms with Crippen molar-refractivity contribution >= 4 is 65.2 Å². The van der Waals surface area contributed by atoms with E-state index >= 15 is 0 Å². The molecule has 1 aliphatic heterocycles. The third-order valence-corrected chi connectivity index (χ3v) is 15.9. The van der Waals surface area contributed by atoms with Gasteiger partial charge in [-0.15, -0.1) is 0 Å². The summed E-state index contributed by atoms with van der Waals surface area (Å²) in [7, 11) is 0. The molecule has 1 heteroatoms. The van der Waals surface area contributed by atoms with Crippen molar-refractivity contribution in [2.75, 3.05) is 4.90 Å². The van der Waals surface area contributed by atoms with E-state index in [1.165, 1.54) is 135 Å². The quantitative estimate of drug-likeness (QED) is 0.156. The first-order valence-corrected chi connectivity index (χ1v) is 23.2. The molecule has 2 aliphatic rings. The van der Waals surface area contributed by atoms with E-state index in [2.05, 4.69) is 226 Å². The Kier molecular flexibility index (Phi) is 8.10. The third-order valence-electron chi connectivity index (χ3n) is 15.9. The summed E-state index contributed by atoms with van der Waals surface area (Å²) in [6, 6.07) is 75.7. The second kappa shape index (κ2) is 13.9. The highest BCUT2D eigenvalue weighted by atomic mass is 15.3. The fourth-order valence-corrected chi connectivity index (χ4v) is 12.6. The molecular formula is C63H49N. The standard InChI is InChI=1S/C63H49N/c1-62(2)36-16-29-58-57-37-43(30-35-59(57)64(63(58,62)3)44-23-8-5-9-24-44)54-39-56(48-28-15-22-41-20-11-13-26-46(41)48)52-33-31-49-53(42-17-6-4-7-18-42)38-55(51-34-32-50(54)61(52)60(49)51)47-27-14-21-40-19-10-12-25-45(40)47/h4-15,17-28,30-35,37-39,58H,16,29,36H2,1-3H3. The van der Waals surface area contributed by atoms with Gasteiger partial charge in [0, 0.05) is 17.3 Å². The van der Waals surface area contributed by atoms with Crippen LogP contribution in [-0.2, 0) is 0 Å². The molecule has 0 spiro atoms. The Morgan fingerprint density at radius 2 is 0.906 bits per heavy atom. The van der Waals surface area contributed by atoms with Crippen LogP contribution < -0.4 is 4.90 Å². The number of fused-ring (bicyclic) bond motifs is 5. The van der Waals surface area contributed by atoms with E-state index in [-0.39, 0.29) is 11.0 Å². The van der Waals surface area contributed by atoms with Crippen molar-refractivity contribution in [2.45, 2.75) is 51.5 Å². The van der Waals surface area contributed by atoms with E-state index in [9.17, 15) is 0 Å². The third kappa shape index (κ3) is 5.25. The Labute approximate surface area is 375 Å². The minimum Gasteiger partial charge on any atom is -0.334 e. The highest BCUT2D eigenvalue weighted by molar-refractivity contribution is 6.32. The van der Waals surface area contributed by atoms with Gasteiger partial charge in [-0.2, -0.15) is 0 Å². The normalized spacial score (nSPS) is 18.0. The van der Waals surface area contributed by atoms with Gasteiger partial charge in [0.05, 0.1) is 5.54 Å². The van der Waals surface area contributed by atoms with Gasteiger partial charge in [0.1, 0.15) is 0 Å². The summed E-state index contributed by atoms with van der Waals surface area (Å²) < 4.78 is 0. The zero-order chi connectivity index (χ0) is 42.7. The molecule has 2 unspecified atom stereocenters. The summed E-state index contributed by atoms with van der Waals surface area (Å²) in [4.78, 5) is 2.71. The van der Waals surface area contributed by atoms with Crippen molar-refractivity contribution in [3.05, 3.63) is 206 Å². The van der Waals surface area contributed by atoms with Gasteiger partial charge in [-0.3, -0.25) is 0 Å². The second-order valence-electron chi connectivity index (χ2n) is 19.4. The maximum Gasteiger partial charge on any atom is 0.0543 e. The number of nitrogens with zero attached hydrogens (tertiary/aromatic N) is 1. The molecule has 0 radical (unpaired) electrons. The van der Waals surface area contributed by atoms with Gasteiger partial charge < -0.3 is 4.90 Å². The summed E-state index contributed by atoms with van der Waals surface area (Å²) in [6.07, 6.45) is 3.66. The van der Waals surface area contributed by atoms with Crippen molar-refractivity contribution < 1.29 is 0 Å². The highest BCUT2D eigenvalue weighted by Crippen LogP contribution is 2.64. The number of rotatable bonds is 5. The molecule has 1 saturated carbocycles. The minimum atomic E-state index is -0.0593. The smallest absolute Gasteiger partial charge is 0.0543 e. The van der Waals surface area contributed by atoms with Crippen LogP contribution in [0.25, 0.3) is 98.4 Å². The Morgan fingerprint density at radius 1 is 0.406 bits per heavy atom. The van der Waals surface area contributed by atoms with Gasteiger partial charge in [0.2, 0.25) is 0 Å². The van der Waals surface area contributed by atoms with Crippen molar-refractivity contribution in [1.29, 1.82) is 0 Å². The molecule has 0 bridgehead atoms. The van der Waals surface area contributed by atoms with Crippen LogP contribution in [-0.4, -0.2) is 5.54 Å². The molecule has 1 heterocycles. The molecule has 11 aromatic carbocycles. The first-order valence-electron chi connectivity index (χ1n) is 23.2. The van der Waals surface area contributed by atoms with E-state index < -0.39 is 0 Å². The van der Waals surface area contributed by atoms with E-state index in [1.807, 2.05) is 0 Å². The molecule has 2 atom stereocenters. The van der Waals surface area contributed by atoms with Crippen LogP contribution in [0, 0.1) is 5.41 Å². The predicted octanol–water partition coefficient (Wildman–Crippen LogP) is 17.8. The lowest BCUT2D eigenvalue weighted by Gasteiger charge is -2.55. The van der Waals surface area contributed by atoms with Crippen LogP contribution in [0.5, 0.6) is 0 Å². The van der Waals surface area contributed by atoms with E-state index in [0.29, 0.717) is 5.92 Å². The number of para-hydroxylation sites is 1. The summed E-state index contributed by atoms with van der Waals surface area (Å²) in [5.41, 5.74) is 14.4. The summed E-state index contributed by atoms with van der Waals surface area (Å²) in [5, 5.41) is 12.9. The molecule has 13 rings (SSSR count). The van der Waals surface area contributed by atoms with Crippen molar-refractivity contribution in [1.82, 2.24) is 0 Å². The van der Waals surface area contributed by atoms with Gasteiger partial charge in [0.25, 0.3) is 0 Å². The van der Waals surface area contributed by atoms with Gasteiger partial charge >= 0.3 is 0 Å². The highest BCUT2D eigenvalue weighted by Gasteiger charge is 2.58. The monoisotopic (exact) mass is 819 g/mol. The zero-order valence-corrected chi connectivity index (χ0v) is 36.7. The molecule has 0 saturated heterocycles. The molecule has 1 fully saturated rings. The fraction of sp³-hybridized carbons (Fsp3) is 0.143. The van der Waals surface area contributed by atoms with Gasteiger partial charge in [-0.1, -0.05) is 184 Å². The lowest BCUT2D eigenvalue weighted by Crippen LogP contribution is -2.56. The topological polar surface area (TPSA) is 3.24 Å². The molecule has 11 aromatic rings. The maximum absolute atomic E-state index is 2.71. The van der Waals surface area contributed by atoms with Crippen molar-refractivity contribution in [3.8, 4) is 44.5 Å². The van der Waals surface area contributed by atoms with E-state index in [4.69, 9.17) is 0 Å². The lowest BCUT2D eigenvalue weighted by molar-refractivity contribution is 0.101. The SMILES string of the molecule is CC1(C)CCCC2c3cc(-c4cc(-c5cccc6ccccc56)c5ccc6c(-c7ccccc7)cc(-c7cccc8ccccc78)c7ccc4c5c67)ccc3N(c3ccccc3)C21C. The number of hydrogen-bond acceptors (Lipinski definition) is 1. The van der Waals surface area contributed by atoms with Crippen molar-refractivity contribution in [3.63, 3.8) is 0 Å². The molecule has 0 aromatic heterocycles. The van der Waals surface area contributed by atoms with Gasteiger partial charge in [0.15, 0.2) is 0 Å². The second-order valence-corrected chi connectivity index (χ2v) is 19.4. The van der Waals surface area contributed by atoms with Crippen LogP contribution in [0.2, 0.25) is 0 Å². The Morgan fingerprint density at radius 3 is 1.50 bits per heavy atom. The Hall–Kier alpha value is -7.22. The van der Waals surface area contributed by atoms with Crippen molar-refractivity contribution in [2.24, 2.45) is 5.41 Å². The Bertz CT molecular complexity index is 3630. The molecule has 0 amide bonds. The summed E-state index contributed by atoms with van der Waals surface area (Å²) >= 11 is 0. The Balaban J connectivity index is 1.15. The number of anilines is 2. The van der Waals surface area contributed by atoms with E-state index in [0.717, 1.165) is 0 Å². The molecule has 1 nitrogen and oxygen atoms in total. The maximum atomic E-state index is 2.71. The van der Waals surface area contributed by atoms with Crippen LogP contribution >= 0.6 is 0 Å². The lowest BCUT2D eigenvalue weighted by atomic mass is 9.58. The predicted molar refractivity (Wildman–Crippen MR) is 274 cm³/mol. The van der Waals surface area contributed by atoms with E-state index in [1.54, 1.807) is 0 Å².